The summed E-state index contributed by atoms with van der Waals surface area (Å²) < 4.78 is 2.44. The van der Waals surface area contributed by atoms with Crippen molar-refractivity contribution in [2.75, 3.05) is 0 Å². The summed E-state index contributed by atoms with van der Waals surface area (Å²) in [4.78, 5) is 2.73. The second kappa shape index (κ2) is 11.0. The van der Waals surface area contributed by atoms with E-state index in [4.69, 9.17) is 0 Å². The summed E-state index contributed by atoms with van der Waals surface area (Å²) in [6, 6.07) is 71.0. The fourth-order valence-electron chi connectivity index (χ4n) is 10.4. The first-order chi connectivity index (χ1) is 26.3. The Morgan fingerprint density at radius 3 is 1.68 bits per heavy atom. The van der Waals surface area contributed by atoms with Gasteiger partial charge in [0.15, 0.2) is 0 Å². The molecule has 0 saturated heterocycles. The Morgan fingerprint density at radius 1 is 0.396 bits per heavy atom. The van der Waals surface area contributed by atoms with Crippen LogP contribution in [0, 0.1) is 0 Å². The van der Waals surface area contributed by atoms with Crippen LogP contribution in [0.1, 0.15) is 22.3 Å². The molecular weight excluding hydrogens is 656 g/mol. The smallest absolute Gasteiger partial charge is 0.245 e. The molecule has 8 aromatic carbocycles. The van der Waals surface area contributed by atoms with Crippen LogP contribution in [0.3, 0.4) is 0 Å². The number of aromatic nitrogens is 1. The minimum Gasteiger partial charge on any atom is -0.309 e. The van der Waals surface area contributed by atoms with Gasteiger partial charge in [0.2, 0.25) is 13.4 Å². The normalized spacial score (nSPS) is 14.4. The molecule has 0 amide bonds. The maximum absolute atomic E-state index is 2.47. The molecule has 1 spiro atoms. The third-order valence-corrected chi connectivity index (χ3v) is 13.4. The lowest BCUT2D eigenvalue weighted by atomic mass is 9.26. The second-order valence-electron chi connectivity index (χ2n) is 14.7. The average Bonchev–Trinajstić information content (AvgIpc) is 3.56. The van der Waals surface area contributed by atoms with Crippen molar-refractivity contribution in [1.29, 1.82) is 0 Å². The summed E-state index contributed by atoms with van der Waals surface area (Å²) in [6.45, 7) is 0.263. The van der Waals surface area contributed by atoms with E-state index < -0.39 is 5.41 Å². The molecule has 0 unspecified atom stereocenters. The van der Waals surface area contributed by atoms with Crippen LogP contribution in [0.4, 0.5) is 0 Å². The first-order valence-corrected chi connectivity index (χ1v) is 19.4. The van der Waals surface area contributed by atoms with Gasteiger partial charge in [-0.05, 0) is 58.7 Å². The van der Waals surface area contributed by atoms with Crippen LogP contribution < -0.4 is 32.8 Å². The van der Waals surface area contributed by atoms with Crippen molar-refractivity contribution < 1.29 is 0 Å². The predicted octanol–water partition coefficient (Wildman–Crippen LogP) is 7.29. The summed E-state index contributed by atoms with van der Waals surface area (Å²) in [5.74, 6) is 0. The fraction of sp³-hybridized carbons (Fsp3) is 0.0204. The number of rotatable bonds is 2. The molecule has 1 nitrogen and oxygen atoms in total. The Kier molecular flexibility index (Phi) is 6.16. The SMILES string of the molecule is c1ccc(-n2c3ccccc3c3ccc(B4c5ccccc5C5(c6ccccc64)c4ccccc4B4c6ccccc6Sc6cccc5c64)cc32)cc1. The minimum atomic E-state index is -0.460. The Bertz CT molecular complexity index is 2920. The van der Waals surface area contributed by atoms with Gasteiger partial charge in [-0.3, -0.25) is 0 Å². The van der Waals surface area contributed by atoms with E-state index in [9.17, 15) is 0 Å². The zero-order chi connectivity index (χ0) is 34.7. The molecule has 0 bridgehead atoms. The molecule has 9 aromatic rings. The highest BCUT2D eigenvalue weighted by Crippen LogP contribution is 2.48. The highest BCUT2D eigenvalue weighted by atomic mass is 32.2. The van der Waals surface area contributed by atoms with Gasteiger partial charge in [-0.2, -0.15) is 0 Å². The molecule has 0 radical (unpaired) electrons. The van der Waals surface area contributed by atoms with E-state index in [0.29, 0.717) is 0 Å². The number of fused-ring (bicyclic) bond motifs is 13. The standard InChI is InChI=1S/C49H31B2NS/c1-2-15-33(16-3-1)52-44-26-12-4-17-34(44)35-30-29-32(31-45(35)52)50-40-22-8-5-18-36(40)49(37-19-6-9-23-41(37)50)38-20-7-10-24-42(38)51-43-25-11-13-27-46(43)53-47-28-14-21-39(49)48(47)51/h1-31H. The zero-order valence-electron chi connectivity index (χ0n) is 28.9. The quantitative estimate of drug-likeness (QED) is 0.173. The lowest BCUT2D eigenvalue weighted by molar-refractivity contribution is 0.754. The molecule has 3 aliphatic rings. The van der Waals surface area contributed by atoms with E-state index in [-0.39, 0.29) is 13.4 Å². The number of para-hydroxylation sites is 2. The van der Waals surface area contributed by atoms with Gasteiger partial charge >= 0.3 is 0 Å². The first kappa shape index (κ1) is 29.6. The molecule has 1 aromatic heterocycles. The van der Waals surface area contributed by atoms with Crippen LogP contribution in [-0.4, -0.2) is 18.0 Å². The molecule has 0 aliphatic carbocycles. The van der Waals surface area contributed by atoms with Crippen molar-refractivity contribution in [3.63, 3.8) is 0 Å². The maximum Gasteiger partial charge on any atom is 0.245 e. The number of hydrogen-bond acceptors (Lipinski definition) is 1. The van der Waals surface area contributed by atoms with Gasteiger partial charge in [0.05, 0.1) is 16.4 Å². The molecule has 4 heteroatoms. The summed E-state index contributed by atoms with van der Waals surface area (Å²) in [5.41, 5.74) is 17.1. The van der Waals surface area contributed by atoms with Crippen molar-refractivity contribution in [1.82, 2.24) is 4.57 Å². The topological polar surface area (TPSA) is 4.93 Å². The second-order valence-corrected chi connectivity index (χ2v) is 15.8. The molecule has 3 aliphatic heterocycles. The Balaban J connectivity index is 1.16. The van der Waals surface area contributed by atoms with Crippen molar-refractivity contribution in [3.05, 3.63) is 210 Å². The third kappa shape index (κ3) is 3.86. The number of hydrogen-bond donors (Lipinski definition) is 0. The van der Waals surface area contributed by atoms with Crippen molar-refractivity contribution >= 4 is 79.8 Å². The highest BCUT2D eigenvalue weighted by Gasteiger charge is 2.54. The van der Waals surface area contributed by atoms with E-state index in [0.717, 1.165) is 0 Å². The summed E-state index contributed by atoms with van der Waals surface area (Å²) >= 11 is 1.93. The highest BCUT2D eigenvalue weighted by molar-refractivity contribution is 8.00. The van der Waals surface area contributed by atoms with E-state index in [1.165, 1.54) is 92.3 Å². The molecule has 244 valence electrons. The first-order valence-electron chi connectivity index (χ1n) is 18.6. The summed E-state index contributed by atoms with van der Waals surface area (Å²) in [6.07, 6.45) is 0. The van der Waals surface area contributed by atoms with Crippen molar-refractivity contribution in [2.45, 2.75) is 15.2 Å². The van der Waals surface area contributed by atoms with Crippen LogP contribution in [0.5, 0.6) is 0 Å². The van der Waals surface area contributed by atoms with E-state index in [1.807, 2.05) is 11.8 Å². The minimum absolute atomic E-state index is 0.0687. The maximum atomic E-state index is 2.47. The van der Waals surface area contributed by atoms with Crippen molar-refractivity contribution in [2.24, 2.45) is 0 Å². The molecule has 0 atom stereocenters. The monoisotopic (exact) mass is 687 g/mol. The summed E-state index contributed by atoms with van der Waals surface area (Å²) in [7, 11) is 0. The molecule has 4 heterocycles. The van der Waals surface area contributed by atoms with Gasteiger partial charge in [0.1, 0.15) is 0 Å². The zero-order valence-corrected chi connectivity index (χ0v) is 29.7. The van der Waals surface area contributed by atoms with Gasteiger partial charge in [0, 0.05) is 26.3 Å². The van der Waals surface area contributed by atoms with Gasteiger partial charge in [0.25, 0.3) is 0 Å². The van der Waals surface area contributed by atoms with E-state index >= 15 is 0 Å². The summed E-state index contributed by atoms with van der Waals surface area (Å²) in [5, 5.41) is 2.56. The van der Waals surface area contributed by atoms with Crippen molar-refractivity contribution in [3.8, 4) is 5.69 Å². The van der Waals surface area contributed by atoms with Gasteiger partial charge in [-0.15, -0.1) is 0 Å². The van der Waals surface area contributed by atoms with Gasteiger partial charge in [-0.25, -0.2) is 0 Å². The third-order valence-electron chi connectivity index (χ3n) is 12.3. The largest absolute Gasteiger partial charge is 0.309 e. The van der Waals surface area contributed by atoms with Crippen LogP contribution >= 0.6 is 11.8 Å². The van der Waals surface area contributed by atoms with E-state index in [2.05, 4.69) is 193 Å². The average molecular weight is 687 g/mol. The molecule has 53 heavy (non-hydrogen) atoms. The predicted molar refractivity (Wildman–Crippen MR) is 225 cm³/mol. The number of nitrogens with zero attached hydrogens (tertiary/aromatic N) is 1. The van der Waals surface area contributed by atoms with Crippen LogP contribution in [0.25, 0.3) is 27.5 Å². The molecule has 0 fully saturated rings. The lowest BCUT2D eigenvalue weighted by Crippen LogP contribution is -2.68. The Hall–Kier alpha value is -5.96. The van der Waals surface area contributed by atoms with Gasteiger partial charge in [-0.1, -0.05) is 196 Å². The lowest BCUT2D eigenvalue weighted by Gasteiger charge is -2.50. The fourth-order valence-corrected chi connectivity index (χ4v) is 11.5. The van der Waals surface area contributed by atoms with E-state index in [1.54, 1.807) is 0 Å². The van der Waals surface area contributed by atoms with Crippen LogP contribution in [-0.2, 0) is 5.41 Å². The van der Waals surface area contributed by atoms with Gasteiger partial charge < -0.3 is 4.57 Å². The van der Waals surface area contributed by atoms with Crippen LogP contribution in [0.2, 0.25) is 0 Å². The Morgan fingerprint density at radius 2 is 0.943 bits per heavy atom. The molecular formula is C49H31B2NS. The number of benzene rings is 8. The Labute approximate surface area is 314 Å². The van der Waals surface area contributed by atoms with Crippen LogP contribution in [0.15, 0.2) is 198 Å². The molecule has 12 rings (SSSR count). The molecule has 0 saturated carbocycles. The molecule has 0 N–H and O–H groups in total.